The first-order chi connectivity index (χ1) is 14.5. The maximum absolute atomic E-state index is 10.9. The molecule has 1 nitrogen and oxygen atoms in total. The molecule has 0 atom stereocenters. The Kier molecular flexibility index (Phi) is 5.86. The minimum atomic E-state index is -1.98. The zero-order valence-corrected chi connectivity index (χ0v) is 18.5. The molecule has 2 heteroatoms. The largest absolute Gasteiger partial charge is 0.386 e. The van der Waals surface area contributed by atoms with E-state index in [9.17, 15) is 5.11 Å². The Bertz CT molecular complexity index is 987. The van der Waals surface area contributed by atoms with E-state index in [0.29, 0.717) is 0 Å². The molecule has 4 aromatic rings. The molecule has 0 heterocycles. The van der Waals surface area contributed by atoms with E-state index in [2.05, 4.69) is 109 Å². The summed E-state index contributed by atoms with van der Waals surface area (Å²) in [5.74, 6) is 0. The lowest BCUT2D eigenvalue weighted by molar-refractivity contribution is 0.0778. The highest BCUT2D eigenvalue weighted by Crippen LogP contribution is 2.58. The van der Waals surface area contributed by atoms with Crippen molar-refractivity contribution in [1.29, 1.82) is 0 Å². The zero-order chi connectivity index (χ0) is 21.0. The van der Waals surface area contributed by atoms with Gasteiger partial charge in [-0.2, -0.15) is 0 Å². The second-order valence-corrected chi connectivity index (χ2v) is 11.7. The molecule has 0 aliphatic heterocycles. The van der Waals surface area contributed by atoms with E-state index < -0.39 is 12.9 Å². The number of hydrogen-bond donors (Lipinski definition) is 1. The Morgan fingerprint density at radius 2 is 0.933 bits per heavy atom. The number of hydrogen-bond acceptors (Lipinski definition) is 1. The Labute approximate surface area is 180 Å². The van der Waals surface area contributed by atoms with Crippen LogP contribution in [0.2, 0.25) is 0 Å². The highest BCUT2D eigenvalue weighted by molar-refractivity contribution is 7.95. The molecular weight excluding hydrogens is 383 g/mol. The smallest absolute Gasteiger partial charge is 0.116 e. The minimum absolute atomic E-state index is 0.866. The molecule has 0 aromatic heterocycles. The molecule has 0 unspecified atom stereocenters. The van der Waals surface area contributed by atoms with Crippen molar-refractivity contribution in [3.05, 3.63) is 126 Å². The highest BCUT2D eigenvalue weighted by atomic mass is 31.2. The summed E-state index contributed by atoms with van der Waals surface area (Å²) in [6.45, 7) is 3.75. The third-order valence-electron chi connectivity index (χ3n) is 5.67. The van der Waals surface area contributed by atoms with Crippen LogP contribution in [0.5, 0.6) is 0 Å². The van der Waals surface area contributed by atoms with Crippen LogP contribution in [0.1, 0.15) is 25.0 Å². The lowest BCUT2D eigenvalue weighted by Crippen LogP contribution is -2.33. The van der Waals surface area contributed by atoms with Crippen molar-refractivity contribution in [1.82, 2.24) is 0 Å². The van der Waals surface area contributed by atoms with Crippen LogP contribution in [0.15, 0.2) is 115 Å². The predicted molar refractivity (Wildman–Crippen MR) is 131 cm³/mol. The van der Waals surface area contributed by atoms with Gasteiger partial charge in [0.25, 0.3) is 0 Å². The summed E-state index contributed by atoms with van der Waals surface area (Å²) in [4.78, 5) is 0. The van der Waals surface area contributed by atoms with E-state index in [4.69, 9.17) is 0 Å². The Morgan fingerprint density at radius 1 is 0.567 bits per heavy atom. The maximum Gasteiger partial charge on any atom is 0.116 e. The number of benzene rings is 4. The van der Waals surface area contributed by atoms with Crippen molar-refractivity contribution in [3.8, 4) is 0 Å². The van der Waals surface area contributed by atoms with Crippen molar-refractivity contribution >= 4 is 23.2 Å². The Hall–Kier alpha value is -2.73. The van der Waals surface area contributed by atoms with Crippen LogP contribution in [0.3, 0.4) is 0 Å². The Morgan fingerprint density at radius 3 is 1.33 bits per heavy atom. The second-order valence-electron chi connectivity index (χ2n) is 8.19. The van der Waals surface area contributed by atoms with Crippen molar-refractivity contribution in [2.45, 2.75) is 25.6 Å². The quantitative estimate of drug-likeness (QED) is 0.421. The van der Waals surface area contributed by atoms with E-state index in [-0.39, 0.29) is 0 Å². The van der Waals surface area contributed by atoms with Crippen LogP contribution in [-0.2, 0) is 11.8 Å². The molecule has 4 aromatic carbocycles. The van der Waals surface area contributed by atoms with Crippen LogP contribution in [0.25, 0.3) is 0 Å². The van der Waals surface area contributed by atoms with Gasteiger partial charge in [0.1, 0.15) is 23.2 Å². The van der Waals surface area contributed by atoms with Crippen LogP contribution in [-0.4, -0.2) is 5.11 Å². The molecule has 0 aliphatic carbocycles. The summed E-state index contributed by atoms with van der Waals surface area (Å²) in [6, 6.07) is 41.0. The van der Waals surface area contributed by atoms with Gasteiger partial charge >= 0.3 is 0 Å². The summed E-state index contributed by atoms with van der Waals surface area (Å²) >= 11 is 0. The van der Waals surface area contributed by atoms with Crippen LogP contribution in [0, 0.1) is 0 Å². The molecule has 0 fully saturated rings. The fourth-order valence-corrected chi connectivity index (χ4v) is 8.55. The standard InChI is InChI=1S/C28H28OP/c1-28(2,29)27-21-13-12-14-23(27)22-30(24-15-6-3-7-16-24,25-17-8-4-9-18-25)26-19-10-5-11-20-26/h3-21,29H,22H2,1-2H3/q+1. The predicted octanol–water partition coefficient (Wildman–Crippen LogP) is 5.41. The molecular formula is C28H28OP+. The van der Waals surface area contributed by atoms with E-state index in [0.717, 1.165) is 11.7 Å². The molecule has 0 saturated heterocycles. The molecule has 0 radical (unpaired) electrons. The average molecular weight is 412 g/mol. The molecule has 0 aliphatic rings. The van der Waals surface area contributed by atoms with Gasteiger partial charge in [-0.25, -0.2) is 0 Å². The minimum Gasteiger partial charge on any atom is -0.386 e. The first kappa shape index (κ1) is 20.5. The van der Waals surface area contributed by atoms with E-state index in [1.54, 1.807) is 0 Å². The van der Waals surface area contributed by atoms with Crippen molar-refractivity contribution < 1.29 is 5.11 Å². The van der Waals surface area contributed by atoms with Crippen LogP contribution < -0.4 is 15.9 Å². The van der Waals surface area contributed by atoms with Crippen molar-refractivity contribution in [2.24, 2.45) is 0 Å². The van der Waals surface area contributed by atoms with Gasteiger partial charge in [-0.3, -0.25) is 0 Å². The average Bonchev–Trinajstić information content (AvgIpc) is 2.79. The summed E-state index contributed by atoms with van der Waals surface area (Å²) in [7, 11) is -1.98. The van der Waals surface area contributed by atoms with Gasteiger partial charge in [0, 0.05) is 0 Å². The molecule has 4 rings (SSSR count). The zero-order valence-electron chi connectivity index (χ0n) is 17.6. The molecule has 0 saturated carbocycles. The lowest BCUT2D eigenvalue weighted by atomic mass is 9.94. The summed E-state index contributed by atoms with van der Waals surface area (Å²) in [5, 5.41) is 15.0. The summed E-state index contributed by atoms with van der Waals surface area (Å²) < 4.78 is 0. The van der Waals surface area contributed by atoms with Gasteiger partial charge in [-0.05, 0) is 61.4 Å². The van der Waals surface area contributed by atoms with Crippen molar-refractivity contribution in [2.75, 3.05) is 0 Å². The summed E-state index contributed by atoms with van der Waals surface area (Å²) in [6.07, 6.45) is 0.866. The van der Waals surface area contributed by atoms with E-state index in [1.807, 2.05) is 19.9 Å². The molecule has 30 heavy (non-hydrogen) atoms. The normalized spacial score (nSPS) is 12.0. The fraction of sp³-hybridized carbons (Fsp3) is 0.143. The first-order valence-corrected chi connectivity index (χ1v) is 12.3. The highest BCUT2D eigenvalue weighted by Gasteiger charge is 2.46. The fourth-order valence-electron chi connectivity index (χ4n) is 4.28. The lowest BCUT2D eigenvalue weighted by Gasteiger charge is -2.30. The van der Waals surface area contributed by atoms with Gasteiger partial charge in [-0.15, -0.1) is 0 Å². The number of aliphatic hydroxyl groups is 1. The van der Waals surface area contributed by atoms with Gasteiger partial charge < -0.3 is 5.11 Å². The van der Waals surface area contributed by atoms with Crippen molar-refractivity contribution in [3.63, 3.8) is 0 Å². The summed E-state index contributed by atoms with van der Waals surface area (Å²) in [5.41, 5.74) is 1.31. The monoisotopic (exact) mass is 411 g/mol. The van der Waals surface area contributed by atoms with Gasteiger partial charge in [0.15, 0.2) is 0 Å². The van der Waals surface area contributed by atoms with E-state index in [1.165, 1.54) is 21.5 Å². The second kappa shape index (κ2) is 8.56. The SMILES string of the molecule is CC(C)(O)c1ccccc1C[P+](c1ccccc1)(c1ccccc1)c1ccccc1. The van der Waals surface area contributed by atoms with Gasteiger partial charge in [-0.1, -0.05) is 78.9 Å². The first-order valence-electron chi connectivity index (χ1n) is 10.4. The molecule has 1 N–H and O–H groups in total. The number of rotatable bonds is 6. The third kappa shape index (κ3) is 3.97. The molecule has 150 valence electrons. The van der Waals surface area contributed by atoms with Gasteiger partial charge in [0.05, 0.1) is 11.8 Å². The topological polar surface area (TPSA) is 20.2 Å². The molecule has 0 amide bonds. The Balaban J connectivity index is 2.02. The maximum atomic E-state index is 10.9. The van der Waals surface area contributed by atoms with E-state index >= 15 is 0 Å². The van der Waals surface area contributed by atoms with Gasteiger partial charge in [0.2, 0.25) is 0 Å². The molecule has 0 bridgehead atoms. The molecule has 0 spiro atoms. The van der Waals surface area contributed by atoms with Crippen LogP contribution >= 0.6 is 7.26 Å². The van der Waals surface area contributed by atoms with Crippen LogP contribution in [0.4, 0.5) is 0 Å². The third-order valence-corrected chi connectivity index (χ3v) is 10.0.